The van der Waals surface area contributed by atoms with Crippen molar-refractivity contribution in [1.82, 2.24) is 0 Å². The molecule has 0 bridgehead atoms. The van der Waals surface area contributed by atoms with E-state index in [9.17, 15) is 0 Å². The molecular formula is C6H13NO6. The fourth-order valence-electron chi connectivity index (χ4n) is 0.694. The van der Waals surface area contributed by atoms with Gasteiger partial charge in [-0.3, -0.25) is 0 Å². The van der Waals surface area contributed by atoms with E-state index in [1.807, 2.05) is 0 Å². The van der Waals surface area contributed by atoms with Crippen LogP contribution in [-0.2, 0) is 0 Å². The van der Waals surface area contributed by atoms with Crippen molar-refractivity contribution in [1.29, 1.82) is 0 Å². The van der Waals surface area contributed by atoms with E-state index < -0.39 is 31.0 Å². The van der Waals surface area contributed by atoms with Gasteiger partial charge >= 0.3 is 0 Å². The second-order valence-corrected chi connectivity index (χ2v) is 2.49. The molecule has 0 rings (SSSR count). The lowest BCUT2D eigenvalue weighted by atomic mass is 10.0. The summed E-state index contributed by atoms with van der Waals surface area (Å²) in [6.07, 6.45) is -6.02. The molecule has 7 heteroatoms. The fraction of sp³-hybridized carbons (Fsp3) is 0.833. The van der Waals surface area contributed by atoms with Crippen LogP contribution in [0.1, 0.15) is 0 Å². The average Bonchev–Trinajstić information content (AvgIpc) is 2.14. The maximum Gasteiger partial charge on any atom is 0.121 e. The smallest absolute Gasteiger partial charge is 0.121 e. The molecule has 0 aromatic rings. The van der Waals surface area contributed by atoms with Crippen LogP contribution in [0.2, 0.25) is 0 Å². The summed E-state index contributed by atoms with van der Waals surface area (Å²) >= 11 is 0. The molecule has 0 heterocycles. The molecule has 0 aromatic heterocycles. The zero-order valence-electron chi connectivity index (χ0n) is 6.72. The van der Waals surface area contributed by atoms with Gasteiger partial charge in [-0.1, -0.05) is 5.16 Å². The summed E-state index contributed by atoms with van der Waals surface area (Å²) in [6, 6.07) is 0. The normalized spacial score (nSPS) is 21.3. The summed E-state index contributed by atoms with van der Waals surface area (Å²) in [5.41, 5.74) is 0. The number of hydrogen-bond donors (Lipinski definition) is 6. The highest BCUT2D eigenvalue weighted by molar-refractivity contribution is 5.62. The van der Waals surface area contributed by atoms with Crippen LogP contribution in [0.25, 0.3) is 0 Å². The molecule has 13 heavy (non-hydrogen) atoms. The molecular weight excluding hydrogens is 182 g/mol. The van der Waals surface area contributed by atoms with E-state index in [0.29, 0.717) is 6.21 Å². The first kappa shape index (κ1) is 12.3. The van der Waals surface area contributed by atoms with Crippen molar-refractivity contribution >= 4 is 6.21 Å². The first-order valence-electron chi connectivity index (χ1n) is 3.55. The molecule has 0 aliphatic heterocycles. The third kappa shape index (κ3) is 3.66. The van der Waals surface area contributed by atoms with Crippen molar-refractivity contribution in [3.63, 3.8) is 0 Å². The van der Waals surface area contributed by atoms with E-state index >= 15 is 0 Å². The average molecular weight is 195 g/mol. The monoisotopic (exact) mass is 195 g/mol. The third-order valence-electron chi connectivity index (χ3n) is 1.50. The molecule has 4 atom stereocenters. The predicted octanol–water partition coefficient (Wildman–Crippen LogP) is -3.12. The minimum absolute atomic E-state index is 0.581. The van der Waals surface area contributed by atoms with Gasteiger partial charge in [-0.2, -0.15) is 0 Å². The van der Waals surface area contributed by atoms with E-state index in [-0.39, 0.29) is 0 Å². The molecule has 0 spiro atoms. The van der Waals surface area contributed by atoms with Crippen molar-refractivity contribution in [3.05, 3.63) is 0 Å². The molecule has 0 aliphatic rings. The number of oxime groups is 1. The van der Waals surface area contributed by atoms with Crippen LogP contribution in [-0.4, -0.2) is 68.0 Å². The maximum atomic E-state index is 9.05. The maximum absolute atomic E-state index is 9.05. The molecule has 0 fully saturated rings. The SMILES string of the molecule is OC[C@@H](O)[C@H](O)[C@H](O)[C@@H](O)C=NO. The Morgan fingerprint density at radius 3 is 2.00 bits per heavy atom. The summed E-state index contributed by atoms with van der Waals surface area (Å²) in [5, 5.41) is 54.6. The Kier molecular flexibility index (Phi) is 5.51. The fourth-order valence-corrected chi connectivity index (χ4v) is 0.694. The van der Waals surface area contributed by atoms with Crippen molar-refractivity contribution < 1.29 is 30.7 Å². The van der Waals surface area contributed by atoms with Crippen LogP contribution in [0.3, 0.4) is 0 Å². The van der Waals surface area contributed by atoms with Crippen LogP contribution in [0.4, 0.5) is 0 Å². The van der Waals surface area contributed by atoms with Gasteiger partial charge in [-0.05, 0) is 0 Å². The Bertz CT molecular complexity index is 163. The molecule has 78 valence electrons. The zero-order valence-corrected chi connectivity index (χ0v) is 6.72. The summed E-state index contributed by atoms with van der Waals surface area (Å²) in [4.78, 5) is 0. The zero-order chi connectivity index (χ0) is 10.4. The summed E-state index contributed by atoms with van der Waals surface area (Å²) in [7, 11) is 0. The highest BCUT2D eigenvalue weighted by atomic mass is 16.4. The van der Waals surface area contributed by atoms with Gasteiger partial charge in [-0.25, -0.2) is 0 Å². The molecule has 7 nitrogen and oxygen atoms in total. The van der Waals surface area contributed by atoms with Gasteiger partial charge in [0, 0.05) is 0 Å². The van der Waals surface area contributed by atoms with Gasteiger partial charge in [-0.15, -0.1) is 0 Å². The lowest BCUT2D eigenvalue weighted by Gasteiger charge is -2.23. The molecule has 0 amide bonds. The first-order chi connectivity index (χ1) is 6.04. The minimum atomic E-state index is -1.72. The van der Waals surface area contributed by atoms with Crippen molar-refractivity contribution in [2.24, 2.45) is 5.16 Å². The van der Waals surface area contributed by atoms with Crippen LogP contribution < -0.4 is 0 Å². The molecule has 6 N–H and O–H groups in total. The third-order valence-corrected chi connectivity index (χ3v) is 1.50. The van der Waals surface area contributed by atoms with Crippen LogP contribution in [0.5, 0.6) is 0 Å². The van der Waals surface area contributed by atoms with Gasteiger partial charge in [0.1, 0.15) is 24.4 Å². The van der Waals surface area contributed by atoms with Gasteiger partial charge in [0.15, 0.2) is 0 Å². The van der Waals surface area contributed by atoms with Crippen molar-refractivity contribution in [2.45, 2.75) is 24.4 Å². The van der Waals surface area contributed by atoms with E-state index in [1.165, 1.54) is 0 Å². The Morgan fingerprint density at radius 1 is 1.08 bits per heavy atom. The van der Waals surface area contributed by atoms with Crippen molar-refractivity contribution in [3.8, 4) is 0 Å². The lowest BCUT2D eigenvalue weighted by molar-refractivity contribution is -0.100. The second kappa shape index (κ2) is 5.84. The Balaban J connectivity index is 4.15. The second-order valence-electron chi connectivity index (χ2n) is 2.49. The van der Waals surface area contributed by atoms with E-state index in [2.05, 4.69) is 5.16 Å². The molecule has 0 saturated carbocycles. The van der Waals surface area contributed by atoms with Crippen LogP contribution in [0, 0.1) is 0 Å². The topological polar surface area (TPSA) is 134 Å². The lowest BCUT2D eigenvalue weighted by Crippen LogP contribution is -2.46. The highest BCUT2D eigenvalue weighted by Crippen LogP contribution is 2.03. The molecule has 0 aromatic carbocycles. The number of hydrogen-bond acceptors (Lipinski definition) is 7. The summed E-state index contributed by atoms with van der Waals surface area (Å²) in [6.45, 7) is -0.749. The Labute approximate surface area is 74.2 Å². The van der Waals surface area contributed by atoms with E-state index in [0.717, 1.165) is 0 Å². The van der Waals surface area contributed by atoms with E-state index in [1.54, 1.807) is 0 Å². The Morgan fingerprint density at radius 2 is 1.62 bits per heavy atom. The summed E-state index contributed by atoms with van der Waals surface area (Å²) < 4.78 is 0. The summed E-state index contributed by atoms with van der Waals surface area (Å²) in [5.74, 6) is 0. The molecule has 0 unspecified atom stereocenters. The van der Waals surface area contributed by atoms with Crippen LogP contribution in [0.15, 0.2) is 5.16 Å². The standard InChI is InChI=1S/C6H13NO6/c8-2-4(10)6(12)5(11)3(9)1-7-13/h1,3-6,8-13H,2H2/t3-,4+,5+,6-/m0/s1. The Hall–Kier alpha value is -0.730. The molecule has 0 radical (unpaired) electrons. The van der Waals surface area contributed by atoms with Crippen LogP contribution >= 0.6 is 0 Å². The van der Waals surface area contributed by atoms with Gasteiger partial charge in [0.05, 0.1) is 12.8 Å². The van der Waals surface area contributed by atoms with Gasteiger partial charge in [0.2, 0.25) is 0 Å². The number of rotatable bonds is 5. The number of aliphatic hydroxyl groups is 5. The quantitative estimate of drug-likeness (QED) is 0.156. The molecule has 0 aliphatic carbocycles. The molecule has 0 saturated heterocycles. The number of nitrogens with zero attached hydrogens (tertiary/aromatic N) is 1. The predicted molar refractivity (Wildman–Crippen MR) is 41.4 cm³/mol. The minimum Gasteiger partial charge on any atom is -0.411 e. The van der Waals surface area contributed by atoms with Gasteiger partial charge < -0.3 is 30.7 Å². The first-order valence-corrected chi connectivity index (χ1v) is 3.55. The largest absolute Gasteiger partial charge is 0.411 e. The van der Waals surface area contributed by atoms with Gasteiger partial charge in [0.25, 0.3) is 0 Å². The number of aliphatic hydroxyl groups excluding tert-OH is 5. The van der Waals surface area contributed by atoms with Crippen molar-refractivity contribution in [2.75, 3.05) is 6.61 Å². The van der Waals surface area contributed by atoms with E-state index in [4.69, 9.17) is 30.7 Å². The highest BCUT2D eigenvalue weighted by Gasteiger charge is 2.29.